The van der Waals surface area contributed by atoms with Crippen molar-refractivity contribution in [1.82, 2.24) is 0 Å². The largest absolute Gasteiger partial charge is 0.481 e. The number of rotatable bonds is 3. The summed E-state index contributed by atoms with van der Waals surface area (Å²) < 4.78 is 1.04. The maximum absolute atomic E-state index is 10.7. The van der Waals surface area contributed by atoms with Crippen LogP contribution in [0.15, 0.2) is 17.5 Å². The summed E-state index contributed by atoms with van der Waals surface area (Å²) in [6.45, 7) is 0. The number of carbonyl (C=O) groups is 1. The van der Waals surface area contributed by atoms with Gasteiger partial charge in [0.25, 0.3) is 0 Å². The lowest BCUT2D eigenvalue weighted by atomic mass is 10.1. The molecule has 1 aromatic heterocycles. The average Bonchev–Trinajstić information content (AvgIpc) is 2.59. The van der Waals surface area contributed by atoms with Gasteiger partial charge in [-0.25, -0.2) is 0 Å². The van der Waals surface area contributed by atoms with Crippen molar-refractivity contribution in [3.8, 4) is 0 Å². The van der Waals surface area contributed by atoms with Gasteiger partial charge in [-0.05, 0) is 17.2 Å². The van der Waals surface area contributed by atoms with E-state index in [4.69, 9.17) is 22.4 Å². The first-order valence-electron chi connectivity index (χ1n) is 4.68. The number of halogens is 1. The average molecular weight is 256 g/mol. The molecule has 0 bridgehead atoms. The molecule has 84 valence electrons. The van der Waals surface area contributed by atoms with Gasteiger partial charge in [-0.15, -0.1) is 22.9 Å². The molecule has 0 aliphatic heterocycles. The van der Waals surface area contributed by atoms with Gasteiger partial charge in [0.15, 0.2) is 0 Å². The molecule has 16 heavy (non-hydrogen) atoms. The Morgan fingerprint density at radius 2 is 2.25 bits per heavy atom. The molecule has 0 fully saturated rings. The lowest BCUT2D eigenvalue weighted by Gasteiger charge is -2.03. The third-order valence-corrected chi connectivity index (χ3v) is 3.72. The molecule has 3 nitrogen and oxygen atoms in total. The van der Waals surface area contributed by atoms with Crippen molar-refractivity contribution in [2.75, 3.05) is 5.73 Å². The summed E-state index contributed by atoms with van der Waals surface area (Å²) >= 11 is 7.38. The fourth-order valence-corrected chi connectivity index (χ4v) is 2.92. The van der Waals surface area contributed by atoms with Crippen LogP contribution in [0.2, 0.25) is 0 Å². The Morgan fingerprint density at radius 1 is 1.50 bits per heavy atom. The first-order chi connectivity index (χ1) is 7.61. The van der Waals surface area contributed by atoms with Gasteiger partial charge >= 0.3 is 5.97 Å². The standard InChI is InChI=1S/C11H10ClNO2S/c12-4-7-1-6(3-10(14)15)2-8-9(13)5-16-11(7)8/h1-2,5H,3-4,13H2,(H,14,15). The highest BCUT2D eigenvalue weighted by atomic mass is 35.5. The van der Waals surface area contributed by atoms with Crippen molar-refractivity contribution < 1.29 is 9.90 Å². The Kier molecular flexibility index (Phi) is 3.03. The lowest BCUT2D eigenvalue weighted by molar-refractivity contribution is -0.136. The third kappa shape index (κ3) is 1.99. The minimum absolute atomic E-state index is 0.00485. The summed E-state index contributed by atoms with van der Waals surface area (Å²) in [6, 6.07) is 3.66. The van der Waals surface area contributed by atoms with E-state index in [1.807, 2.05) is 17.5 Å². The summed E-state index contributed by atoms with van der Waals surface area (Å²) in [4.78, 5) is 10.7. The predicted octanol–water partition coefficient (Wildman–Crippen LogP) is 2.85. The van der Waals surface area contributed by atoms with Gasteiger partial charge in [-0.3, -0.25) is 4.79 Å². The van der Waals surface area contributed by atoms with Crippen LogP contribution < -0.4 is 5.73 Å². The number of nitrogen functional groups attached to an aromatic ring is 1. The summed E-state index contributed by atoms with van der Waals surface area (Å²) in [5.41, 5.74) is 8.18. The minimum atomic E-state index is -0.853. The number of thiophene rings is 1. The maximum atomic E-state index is 10.7. The monoisotopic (exact) mass is 255 g/mol. The summed E-state index contributed by atoms with van der Waals surface area (Å²) in [6.07, 6.45) is -0.00485. The highest BCUT2D eigenvalue weighted by Crippen LogP contribution is 2.33. The van der Waals surface area contributed by atoms with E-state index in [1.54, 1.807) is 0 Å². The Labute approximate surface area is 101 Å². The molecular formula is C11H10ClNO2S. The molecule has 0 amide bonds. The Bertz CT molecular complexity index is 550. The number of anilines is 1. The van der Waals surface area contributed by atoms with E-state index in [9.17, 15) is 4.79 Å². The number of fused-ring (bicyclic) bond motifs is 1. The highest BCUT2D eigenvalue weighted by Gasteiger charge is 2.10. The molecule has 2 aromatic rings. The molecule has 2 rings (SSSR count). The van der Waals surface area contributed by atoms with Crippen molar-refractivity contribution in [2.45, 2.75) is 12.3 Å². The normalized spacial score (nSPS) is 10.8. The van der Waals surface area contributed by atoms with E-state index in [2.05, 4.69) is 0 Å². The fraction of sp³-hybridized carbons (Fsp3) is 0.182. The van der Waals surface area contributed by atoms with E-state index < -0.39 is 5.97 Å². The minimum Gasteiger partial charge on any atom is -0.481 e. The SMILES string of the molecule is Nc1csc2c(CCl)cc(CC(=O)O)cc12. The van der Waals surface area contributed by atoms with Gasteiger partial charge in [-0.2, -0.15) is 0 Å². The molecule has 0 unspecified atom stereocenters. The molecule has 0 saturated carbocycles. The van der Waals surface area contributed by atoms with Crippen molar-refractivity contribution in [1.29, 1.82) is 0 Å². The summed E-state index contributed by atoms with van der Waals surface area (Å²) in [5, 5.41) is 11.5. The molecule has 0 saturated heterocycles. The topological polar surface area (TPSA) is 63.3 Å². The predicted molar refractivity (Wildman–Crippen MR) is 67.1 cm³/mol. The number of alkyl halides is 1. The second-order valence-electron chi connectivity index (χ2n) is 3.53. The van der Waals surface area contributed by atoms with Crippen LogP contribution in [-0.2, 0) is 17.1 Å². The van der Waals surface area contributed by atoms with E-state index in [0.29, 0.717) is 11.6 Å². The van der Waals surface area contributed by atoms with Crippen LogP contribution in [0, 0.1) is 0 Å². The van der Waals surface area contributed by atoms with Crippen molar-refractivity contribution in [2.24, 2.45) is 0 Å². The van der Waals surface area contributed by atoms with Gasteiger partial charge < -0.3 is 10.8 Å². The van der Waals surface area contributed by atoms with Crippen LogP contribution in [0.4, 0.5) is 5.69 Å². The van der Waals surface area contributed by atoms with Gasteiger partial charge in [0.2, 0.25) is 0 Å². The van der Waals surface area contributed by atoms with Crippen molar-refractivity contribution in [3.05, 3.63) is 28.6 Å². The molecule has 5 heteroatoms. The van der Waals surface area contributed by atoms with Crippen LogP contribution in [-0.4, -0.2) is 11.1 Å². The van der Waals surface area contributed by atoms with Crippen molar-refractivity contribution >= 4 is 44.7 Å². The number of aliphatic carboxylic acids is 1. The van der Waals surface area contributed by atoms with Crippen LogP contribution in [0.5, 0.6) is 0 Å². The highest BCUT2D eigenvalue weighted by molar-refractivity contribution is 7.18. The molecule has 0 aliphatic rings. The Morgan fingerprint density at radius 3 is 2.88 bits per heavy atom. The molecule has 0 aliphatic carbocycles. The van der Waals surface area contributed by atoms with Crippen LogP contribution in [0.3, 0.4) is 0 Å². The lowest BCUT2D eigenvalue weighted by Crippen LogP contribution is -2.00. The van der Waals surface area contributed by atoms with Crippen LogP contribution >= 0.6 is 22.9 Å². The molecular weight excluding hydrogens is 246 g/mol. The second kappa shape index (κ2) is 4.31. The summed E-state index contributed by atoms with van der Waals surface area (Å²) in [5.74, 6) is -0.488. The van der Waals surface area contributed by atoms with Crippen LogP contribution in [0.25, 0.3) is 10.1 Å². The quantitative estimate of drug-likeness (QED) is 0.829. The van der Waals surface area contributed by atoms with Gasteiger partial charge in [0, 0.05) is 21.3 Å². The van der Waals surface area contributed by atoms with E-state index in [1.165, 1.54) is 11.3 Å². The maximum Gasteiger partial charge on any atom is 0.307 e. The van der Waals surface area contributed by atoms with Gasteiger partial charge in [0.05, 0.1) is 12.1 Å². The Balaban J connectivity index is 2.60. The number of carboxylic acid groups (broad SMARTS) is 1. The smallest absolute Gasteiger partial charge is 0.307 e. The molecule has 1 heterocycles. The molecule has 0 spiro atoms. The number of nitrogens with two attached hydrogens (primary N) is 1. The second-order valence-corrected chi connectivity index (χ2v) is 4.67. The molecule has 3 N–H and O–H groups in total. The zero-order valence-corrected chi connectivity index (χ0v) is 9.94. The van der Waals surface area contributed by atoms with E-state index in [0.717, 1.165) is 21.2 Å². The number of carboxylic acids is 1. The summed E-state index contributed by atoms with van der Waals surface area (Å²) in [7, 11) is 0. The molecule has 1 aromatic carbocycles. The van der Waals surface area contributed by atoms with E-state index >= 15 is 0 Å². The Hall–Kier alpha value is -1.26. The number of hydrogen-bond donors (Lipinski definition) is 2. The van der Waals surface area contributed by atoms with Gasteiger partial charge in [0.1, 0.15) is 0 Å². The van der Waals surface area contributed by atoms with Crippen LogP contribution in [0.1, 0.15) is 11.1 Å². The first-order valence-corrected chi connectivity index (χ1v) is 6.09. The fourth-order valence-electron chi connectivity index (χ4n) is 1.67. The molecule has 0 atom stereocenters. The van der Waals surface area contributed by atoms with Crippen molar-refractivity contribution in [3.63, 3.8) is 0 Å². The first kappa shape index (κ1) is 11.2. The number of benzene rings is 1. The molecule has 0 radical (unpaired) electrons. The third-order valence-electron chi connectivity index (χ3n) is 2.34. The van der Waals surface area contributed by atoms with Gasteiger partial charge in [-0.1, -0.05) is 6.07 Å². The van der Waals surface area contributed by atoms with E-state index in [-0.39, 0.29) is 6.42 Å². The zero-order chi connectivity index (χ0) is 11.7. The zero-order valence-electron chi connectivity index (χ0n) is 8.37. The number of hydrogen-bond acceptors (Lipinski definition) is 3.